The largest absolute Gasteiger partial charge is 0.495 e. The topological polar surface area (TPSA) is 87.7 Å². The maximum atomic E-state index is 14.5. The Balaban J connectivity index is 1.64. The van der Waals surface area contributed by atoms with Crippen molar-refractivity contribution in [2.75, 3.05) is 17.7 Å². The lowest BCUT2D eigenvalue weighted by molar-refractivity contribution is -0.142. The molecule has 0 unspecified atom stereocenters. The van der Waals surface area contributed by atoms with Gasteiger partial charge in [-0.15, -0.1) is 0 Å². The SMILES string of the molecule is COc1ccc(Cl)cc1NC(=O)Nc1ccc([C@H]2CC[C@H](C(=O)O)CC2)cc1F. The number of amides is 2. The standard InChI is InChI=1S/C21H22ClFN2O4/c1-29-19-9-7-15(22)11-18(19)25-21(28)24-17-8-6-14(10-16(17)23)12-2-4-13(5-3-12)20(26)27/h6-13H,2-5H2,1H3,(H,26,27)(H2,24,25,28)/t12-,13-. The summed E-state index contributed by atoms with van der Waals surface area (Å²) in [6.07, 6.45) is 2.59. The fraction of sp³-hybridized carbons (Fsp3) is 0.333. The highest BCUT2D eigenvalue weighted by atomic mass is 35.5. The number of carboxylic acids is 1. The summed E-state index contributed by atoms with van der Waals surface area (Å²) >= 11 is 5.94. The third-order valence-electron chi connectivity index (χ3n) is 5.20. The molecule has 6 nitrogen and oxygen atoms in total. The van der Waals surface area contributed by atoms with Crippen molar-refractivity contribution >= 4 is 35.0 Å². The van der Waals surface area contributed by atoms with Crippen LogP contribution in [-0.2, 0) is 4.79 Å². The molecule has 0 bridgehead atoms. The zero-order chi connectivity index (χ0) is 21.0. The minimum absolute atomic E-state index is 0.0477. The maximum absolute atomic E-state index is 14.5. The molecule has 1 fully saturated rings. The zero-order valence-corrected chi connectivity index (χ0v) is 16.6. The number of aliphatic carboxylic acids is 1. The van der Waals surface area contributed by atoms with Gasteiger partial charge in [0.25, 0.3) is 0 Å². The van der Waals surface area contributed by atoms with E-state index in [9.17, 15) is 14.0 Å². The molecule has 0 atom stereocenters. The van der Waals surface area contributed by atoms with Crippen molar-refractivity contribution in [3.05, 3.63) is 52.8 Å². The number of hydrogen-bond acceptors (Lipinski definition) is 3. The Morgan fingerprint density at radius 3 is 2.38 bits per heavy atom. The first-order valence-corrected chi connectivity index (χ1v) is 9.69. The van der Waals surface area contributed by atoms with Crippen LogP contribution in [0.3, 0.4) is 0 Å². The Hall–Kier alpha value is -2.80. The van der Waals surface area contributed by atoms with Crippen LogP contribution < -0.4 is 15.4 Å². The number of anilines is 2. The van der Waals surface area contributed by atoms with Crippen molar-refractivity contribution < 1.29 is 23.8 Å². The average molecular weight is 421 g/mol. The number of ether oxygens (including phenoxy) is 1. The Bertz CT molecular complexity index is 914. The van der Waals surface area contributed by atoms with Crippen molar-refractivity contribution in [3.8, 4) is 5.75 Å². The monoisotopic (exact) mass is 420 g/mol. The molecule has 0 aliphatic heterocycles. The molecule has 8 heteroatoms. The van der Waals surface area contributed by atoms with E-state index < -0.39 is 17.8 Å². The third-order valence-corrected chi connectivity index (χ3v) is 5.43. The van der Waals surface area contributed by atoms with Crippen LogP contribution in [-0.4, -0.2) is 24.2 Å². The summed E-state index contributed by atoms with van der Waals surface area (Å²) in [5.41, 5.74) is 1.23. The lowest BCUT2D eigenvalue weighted by Gasteiger charge is -2.26. The van der Waals surface area contributed by atoms with E-state index in [1.165, 1.54) is 25.3 Å². The highest BCUT2D eigenvalue weighted by Crippen LogP contribution is 2.37. The molecule has 0 aromatic heterocycles. The molecule has 0 radical (unpaired) electrons. The van der Waals surface area contributed by atoms with Gasteiger partial charge < -0.3 is 20.5 Å². The molecule has 2 aromatic rings. The second-order valence-corrected chi connectivity index (χ2v) is 7.49. The number of carbonyl (C=O) groups excluding carboxylic acids is 1. The molecule has 0 saturated heterocycles. The number of urea groups is 1. The van der Waals surface area contributed by atoms with Gasteiger partial charge >= 0.3 is 12.0 Å². The third kappa shape index (κ3) is 5.17. The number of hydrogen-bond donors (Lipinski definition) is 3. The van der Waals surface area contributed by atoms with E-state index in [1.807, 2.05) is 0 Å². The number of nitrogens with one attached hydrogen (secondary N) is 2. The zero-order valence-electron chi connectivity index (χ0n) is 15.9. The summed E-state index contributed by atoms with van der Waals surface area (Å²) in [5, 5.41) is 14.6. The predicted molar refractivity (Wildman–Crippen MR) is 109 cm³/mol. The van der Waals surface area contributed by atoms with Gasteiger partial charge in [-0.05, 0) is 67.5 Å². The Labute approximate surface area is 173 Å². The Morgan fingerprint density at radius 1 is 1.07 bits per heavy atom. The highest BCUT2D eigenvalue weighted by molar-refractivity contribution is 6.31. The molecule has 2 amide bonds. The van der Waals surface area contributed by atoms with Crippen molar-refractivity contribution in [3.63, 3.8) is 0 Å². The van der Waals surface area contributed by atoms with Crippen LogP contribution in [0.2, 0.25) is 5.02 Å². The van der Waals surface area contributed by atoms with Crippen molar-refractivity contribution in [2.45, 2.75) is 31.6 Å². The van der Waals surface area contributed by atoms with Gasteiger partial charge in [0.2, 0.25) is 0 Å². The Kier molecular flexibility index (Phi) is 6.59. The van der Waals surface area contributed by atoms with Crippen LogP contribution in [0.4, 0.5) is 20.6 Å². The second kappa shape index (κ2) is 9.13. The smallest absolute Gasteiger partial charge is 0.323 e. The van der Waals surface area contributed by atoms with E-state index in [0.29, 0.717) is 42.1 Å². The van der Waals surface area contributed by atoms with Gasteiger partial charge in [0.15, 0.2) is 0 Å². The fourth-order valence-corrected chi connectivity index (χ4v) is 3.79. The van der Waals surface area contributed by atoms with Crippen molar-refractivity contribution in [1.82, 2.24) is 0 Å². The van der Waals surface area contributed by atoms with Crippen LogP contribution in [0.15, 0.2) is 36.4 Å². The summed E-state index contributed by atoms with van der Waals surface area (Å²) in [5.74, 6) is -1.08. The first-order valence-electron chi connectivity index (χ1n) is 9.31. The number of benzene rings is 2. The molecule has 29 heavy (non-hydrogen) atoms. The first-order chi connectivity index (χ1) is 13.9. The molecule has 154 valence electrons. The average Bonchev–Trinajstić information content (AvgIpc) is 2.70. The van der Waals surface area contributed by atoms with E-state index >= 15 is 0 Å². The summed E-state index contributed by atoms with van der Waals surface area (Å²) in [6.45, 7) is 0. The van der Waals surface area contributed by atoms with Crippen LogP contribution in [0.1, 0.15) is 37.2 Å². The van der Waals surface area contributed by atoms with Gasteiger partial charge in [0.05, 0.1) is 24.4 Å². The van der Waals surface area contributed by atoms with Gasteiger partial charge in [-0.1, -0.05) is 17.7 Å². The molecule has 3 N–H and O–H groups in total. The van der Waals surface area contributed by atoms with Gasteiger partial charge in [-0.25, -0.2) is 9.18 Å². The summed E-state index contributed by atoms with van der Waals surface area (Å²) in [7, 11) is 1.47. The minimum atomic E-state index is -0.767. The minimum Gasteiger partial charge on any atom is -0.495 e. The highest BCUT2D eigenvalue weighted by Gasteiger charge is 2.27. The lowest BCUT2D eigenvalue weighted by Crippen LogP contribution is -2.21. The molecule has 2 aromatic carbocycles. The van der Waals surface area contributed by atoms with Gasteiger partial charge in [0, 0.05) is 5.02 Å². The summed E-state index contributed by atoms with van der Waals surface area (Å²) < 4.78 is 19.7. The second-order valence-electron chi connectivity index (χ2n) is 7.05. The van der Waals surface area contributed by atoms with Gasteiger partial charge in [0.1, 0.15) is 11.6 Å². The van der Waals surface area contributed by atoms with Crippen molar-refractivity contribution in [1.29, 1.82) is 0 Å². The molecule has 3 rings (SSSR count). The van der Waals surface area contributed by atoms with Crippen LogP contribution in [0.5, 0.6) is 5.75 Å². The van der Waals surface area contributed by atoms with Gasteiger partial charge in [-0.3, -0.25) is 4.79 Å². The molecule has 1 aliphatic carbocycles. The predicted octanol–water partition coefficient (Wildman–Crippen LogP) is 5.49. The van der Waals surface area contributed by atoms with Gasteiger partial charge in [-0.2, -0.15) is 0 Å². The molecule has 0 heterocycles. The van der Waals surface area contributed by atoms with E-state index in [0.717, 1.165) is 5.56 Å². The van der Waals surface area contributed by atoms with E-state index in [1.54, 1.807) is 18.2 Å². The summed E-state index contributed by atoms with van der Waals surface area (Å²) in [6, 6.07) is 8.85. The number of halogens is 2. The molecule has 0 spiro atoms. The quantitative estimate of drug-likeness (QED) is 0.596. The maximum Gasteiger partial charge on any atom is 0.323 e. The van der Waals surface area contributed by atoms with E-state index in [-0.39, 0.29) is 17.5 Å². The van der Waals surface area contributed by atoms with E-state index in [2.05, 4.69) is 10.6 Å². The number of methoxy groups -OCH3 is 1. The molecular weight excluding hydrogens is 399 g/mol. The lowest BCUT2D eigenvalue weighted by atomic mass is 9.79. The normalized spacial score (nSPS) is 18.7. The van der Waals surface area contributed by atoms with Crippen molar-refractivity contribution in [2.24, 2.45) is 5.92 Å². The summed E-state index contributed by atoms with van der Waals surface area (Å²) in [4.78, 5) is 23.3. The number of rotatable bonds is 5. The molecule has 1 aliphatic rings. The van der Waals surface area contributed by atoms with Crippen LogP contribution in [0.25, 0.3) is 0 Å². The number of carbonyl (C=O) groups is 2. The molecule has 1 saturated carbocycles. The Morgan fingerprint density at radius 2 is 1.76 bits per heavy atom. The fourth-order valence-electron chi connectivity index (χ4n) is 3.61. The van der Waals surface area contributed by atoms with E-state index in [4.69, 9.17) is 21.4 Å². The number of carboxylic acid groups (broad SMARTS) is 1. The molecular formula is C21H22ClFN2O4. The first kappa shape index (κ1) is 20.9. The van der Waals surface area contributed by atoms with Crippen LogP contribution >= 0.6 is 11.6 Å². The van der Waals surface area contributed by atoms with Crippen LogP contribution in [0, 0.1) is 11.7 Å².